The van der Waals surface area contributed by atoms with Crippen LogP contribution in [0.5, 0.6) is 0 Å². The van der Waals surface area contributed by atoms with E-state index in [1.807, 2.05) is 17.1 Å². The molecule has 2 unspecified atom stereocenters. The van der Waals surface area contributed by atoms with Crippen molar-refractivity contribution in [1.82, 2.24) is 15.1 Å². The van der Waals surface area contributed by atoms with Gasteiger partial charge in [0.05, 0.1) is 11.8 Å². The number of hydrogen-bond acceptors (Lipinski definition) is 3. The third-order valence-corrected chi connectivity index (χ3v) is 4.37. The number of nitrogens with one attached hydrogen (secondary N) is 1. The molecule has 0 radical (unpaired) electrons. The lowest BCUT2D eigenvalue weighted by molar-refractivity contribution is -0.0359. The summed E-state index contributed by atoms with van der Waals surface area (Å²) in [5.74, 6) is 0. The van der Waals surface area contributed by atoms with Crippen LogP contribution in [0.25, 0.3) is 0 Å². The first-order chi connectivity index (χ1) is 8.69. The van der Waals surface area contributed by atoms with Crippen LogP contribution in [0.2, 0.25) is 0 Å². The van der Waals surface area contributed by atoms with E-state index < -0.39 is 5.60 Å². The standard InChI is InChI=1S/C14H23N3O/c1-2-6-17-10-11(9-15-17)14(18)7-12-4-3-5-13(8-14)16-12/h9-10,12-13,16,18H,2-8H2,1H3. The van der Waals surface area contributed by atoms with Gasteiger partial charge in [-0.05, 0) is 32.1 Å². The molecule has 18 heavy (non-hydrogen) atoms. The molecule has 2 aliphatic heterocycles. The van der Waals surface area contributed by atoms with Crippen molar-refractivity contribution in [3.63, 3.8) is 0 Å². The zero-order chi connectivity index (χ0) is 12.6. The fourth-order valence-corrected chi connectivity index (χ4v) is 3.52. The van der Waals surface area contributed by atoms with Gasteiger partial charge >= 0.3 is 0 Å². The van der Waals surface area contributed by atoms with Gasteiger partial charge in [0.1, 0.15) is 0 Å². The minimum Gasteiger partial charge on any atom is -0.385 e. The normalized spacial score (nSPS) is 35.7. The van der Waals surface area contributed by atoms with Crippen molar-refractivity contribution in [2.24, 2.45) is 0 Å². The first-order valence-corrected chi connectivity index (χ1v) is 7.21. The van der Waals surface area contributed by atoms with Crippen LogP contribution in [0.3, 0.4) is 0 Å². The van der Waals surface area contributed by atoms with Gasteiger partial charge in [0, 0.05) is 30.4 Å². The molecule has 2 atom stereocenters. The third-order valence-electron chi connectivity index (χ3n) is 4.37. The fraction of sp³-hybridized carbons (Fsp3) is 0.786. The lowest BCUT2D eigenvalue weighted by Gasteiger charge is -2.45. The van der Waals surface area contributed by atoms with Crippen LogP contribution < -0.4 is 5.32 Å². The molecule has 0 aromatic carbocycles. The topological polar surface area (TPSA) is 50.1 Å². The van der Waals surface area contributed by atoms with Gasteiger partial charge in [-0.3, -0.25) is 4.68 Å². The molecule has 4 heteroatoms. The summed E-state index contributed by atoms with van der Waals surface area (Å²) in [7, 11) is 0. The first kappa shape index (κ1) is 12.2. The number of hydrogen-bond donors (Lipinski definition) is 2. The number of nitrogens with zero attached hydrogens (tertiary/aromatic N) is 2. The van der Waals surface area contributed by atoms with Crippen LogP contribution in [0.1, 0.15) is 51.0 Å². The SMILES string of the molecule is CCCn1cc(C2(O)CC3CCCC(C2)N3)cn1. The van der Waals surface area contributed by atoms with Gasteiger partial charge in [0.15, 0.2) is 0 Å². The molecule has 3 heterocycles. The van der Waals surface area contributed by atoms with E-state index in [1.165, 1.54) is 19.3 Å². The zero-order valence-corrected chi connectivity index (χ0v) is 11.1. The highest BCUT2D eigenvalue weighted by Crippen LogP contribution is 2.39. The van der Waals surface area contributed by atoms with Crippen molar-refractivity contribution in [3.8, 4) is 0 Å². The lowest BCUT2D eigenvalue weighted by atomic mass is 9.75. The average molecular weight is 249 g/mol. The van der Waals surface area contributed by atoms with Gasteiger partial charge in [-0.25, -0.2) is 0 Å². The molecule has 2 saturated heterocycles. The summed E-state index contributed by atoms with van der Waals surface area (Å²) in [6, 6.07) is 0.967. The molecular weight excluding hydrogens is 226 g/mol. The summed E-state index contributed by atoms with van der Waals surface area (Å²) < 4.78 is 1.95. The fourth-order valence-electron chi connectivity index (χ4n) is 3.52. The highest BCUT2D eigenvalue weighted by Gasteiger charge is 2.42. The van der Waals surface area contributed by atoms with Crippen LogP contribution >= 0.6 is 0 Å². The molecule has 1 aromatic heterocycles. The van der Waals surface area contributed by atoms with Crippen LogP contribution in [0, 0.1) is 0 Å². The van der Waals surface area contributed by atoms with Crippen molar-refractivity contribution in [1.29, 1.82) is 0 Å². The van der Waals surface area contributed by atoms with Crippen LogP contribution in [0.15, 0.2) is 12.4 Å². The molecular formula is C14H23N3O. The predicted molar refractivity (Wildman–Crippen MR) is 70.2 cm³/mol. The van der Waals surface area contributed by atoms with E-state index in [4.69, 9.17) is 0 Å². The molecule has 1 aromatic rings. The Bertz CT molecular complexity index is 403. The maximum atomic E-state index is 10.9. The van der Waals surface area contributed by atoms with Gasteiger partial charge in [0.2, 0.25) is 0 Å². The number of piperidine rings is 2. The molecule has 2 aliphatic rings. The monoisotopic (exact) mass is 249 g/mol. The summed E-state index contributed by atoms with van der Waals surface area (Å²) >= 11 is 0. The van der Waals surface area contributed by atoms with E-state index in [0.29, 0.717) is 12.1 Å². The Balaban J connectivity index is 1.80. The Morgan fingerprint density at radius 2 is 2.17 bits per heavy atom. The van der Waals surface area contributed by atoms with Gasteiger partial charge in [-0.2, -0.15) is 5.10 Å². The highest BCUT2D eigenvalue weighted by atomic mass is 16.3. The summed E-state index contributed by atoms with van der Waals surface area (Å²) in [4.78, 5) is 0. The quantitative estimate of drug-likeness (QED) is 0.858. The van der Waals surface area contributed by atoms with Crippen molar-refractivity contribution in [2.75, 3.05) is 0 Å². The molecule has 0 spiro atoms. The van der Waals surface area contributed by atoms with Crippen molar-refractivity contribution >= 4 is 0 Å². The Kier molecular flexibility index (Phi) is 3.16. The maximum absolute atomic E-state index is 10.9. The summed E-state index contributed by atoms with van der Waals surface area (Å²) in [6.45, 7) is 3.08. The third kappa shape index (κ3) is 2.19. The van der Waals surface area contributed by atoms with Crippen LogP contribution in [-0.4, -0.2) is 27.0 Å². The van der Waals surface area contributed by atoms with Crippen LogP contribution in [0.4, 0.5) is 0 Å². The second-order valence-corrected chi connectivity index (χ2v) is 5.92. The number of fused-ring (bicyclic) bond motifs is 2. The van der Waals surface area contributed by atoms with Crippen molar-refractivity contribution in [2.45, 2.75) is 69.7 Å². The molecule has 2 N–H and O–H groups in total. The smallest absolute Gasteiger partial charge is 0.0956 e. The van der Waals surface area contributed by atoms with Gasteiger partial charge in [0.25, 0.3) is 0 Å². The van der Waals surface area contributed by atoms with E-state index in [1.54, 1.807) is 0 Å². The number of aryl methyl sites for hydroxylation is 1. The van der Waals surface area contributed by atoms with Crippen molar-refractivity contribution < 1.29 is 5.11 Å². The van der Waals surface area contributed by atoms with E-state index in [-0.39, 0.29) is 0 Å². The van der Waals surface area contributed by atoms with E-state index in [9.17, 15) is 5.11 Å². The van der Waals surface area contributed by atoms with E-state index in [0.717, 1.165) is 31.4 Å². The number of rotatable bonds is 3. The second kappa shape index (κ2) is 4.67. The molecule has 3 rings (SSSR count). The molecule has 4 nitrogen and oxygen atoms in total. The molecule has 2 fully saturated rings. The minimum atomic E-state index is -0.660. The Labute approximate surface area is 108 Å². The summed E-state index contributed by atoms with van der Waals surface area (Å²) in [5, 5.41) is 18.9. The van der Waals surface area contributed by atoms with Crippen LogP contribution in [-0.2, 0) is 12.1 Å². The predicted octanol–water partition coefficient (Wildman–Crippen LogP) is 1.79. The molecule has 0 aliphatic carbocycles. The first-order valence-electron chi connectivity index (χ1n) is 7.21. The maximum Gasteiger partial charge on any atom is 0.0956 e. The Morgan fingerprint density at radius 1 is 1.44 bits per heavy atom. The molecule has 0 saturated carbocycles. The Morgan fingerprint density at radius 3 is 2.83 bits per heavy atom. The molecule has 0 amide bonds. The number of aliphatic hydroxyl groups is 1. The summed E-state index contributed by atoms with van der Waals surface area (Å²) in [6.07, 6.45) is 10.3. The van der Waals surface area contributed by atoms with Gasteiger partial charge < -0.3 is 10.4 Å². The lowest BCUT2D eigenvalue weighted by Crippen LogP contribution is -2.54. The second-order valence-electron chi connectivity index (χ2n) is 5.92. The molecule has 100 valence electrons. The average Bonchev–Trinajstić information content (AvgIpc) is 2.78. The van der Waals surface area contributed by atoms with Gasteiger partial charge in [-0.1, -0.05) is 13.3 Å². The van der Waals surface area contributed by atoms with Crippen molar-refractivity contribution in [3.05, 3.63) is 18.0 Å². The minimum absolute atomic E-state index is 0.483. The van der Waals surface area contributed by atoms with E-state index in [2.05, 4.69) is 17.3 Å². The highest BCUT2D eigenvalue weighted by molar-refractivity contribution is 5.18. The summed E-state index contributed by atoms with van der Waals surface area (Å²) in [5.41, 5.74) is 0.349. The van der Waals surface area contributed by atoms with Gasteiger partial charge in [-0.15, -0.1) is 0 Å². The number of aromatic nitrogens is 2. The van der Waals surface area contributed by atoms with E-state index >= 15 is 0 Å². The largest absolute Gasteiger partial charge is 0.385 e. The Hall–Kier alpha value is -0.870. The zero-order valence-electron chi connectivity index (χ0n) is 11.1. The molecule has 2 bridgehead atoms.